The summed E-state index contributed by atoms with van der Waals surface area (Å²) in [4.78, 5) is 0. The summed E-state index contributed by atoms with van der Waals surface area (Å²) in [5.41, 5.74) is 0. The van der Waals surface area contributed by atoms with Crippen molar-refractivity contribution in [3.63, 3.8) is 0 Å². The number of aliphatic hydroxyl groups is 1. The molecular weight excluding hydrogens is 112 g/mol. The SMILES string of the molecule is CC[C@@H]1C=CC(O)=CC1. The third-order valence-corrected chi connectivity index (χ3v) is 1.69. The minimum Gasteiger partial charge on any atom is -0.508 e. The van der Waals surface area contributed by atoms with Gasteiger partial charge in [0.15, 0.2) is 0 Å². The Bertz CT molecular complexity index is 145. The van der Waals surface area contributed by atoms with Crippen molar-refractivity contribution in [3.8, 4) is 0 Å². The van der Waals surface area contributed by atoms with E-state index in [0.29, 0.717) is 11.7 Å². The summed E-state index contributed by atoms with van der Waals surface area (Å²) in [6.45, 7) is 2.16. The zero-order valence-corrected chi connectivity index (χ0v) is 5.67. The molecule has 0 saturated carbocycles. The zero-order chi connectivity index (χ0) is 6.69. The fourth-order valence-electron chi connectivity index (χ4n) is 0.956. The van der Waals surface area contributed by atoms with Gasteiger partial charge in [-0.15, -0.1) is 0 Å². The second-order valence-corrected chi connectivity index (χ2v) is 2.39. The van der Waals surface area contributed by atoms with Crippen molar-refractivity contribution in [3.05, 3.63) is 24.0 Å². The van der Waals surface area contributed by atoms with E-state index in [0.717, 1.165) is 6.42 Å². The molecule has 1 heteroatoms. The minimum absolute atomic E-state index is 0.416. The molecule has 0 bridgehead atoms. The first kappa shape index (κ1) is 6.40. The summed E-state index contributed by atoms with van der Waals surface area (Å²) in [6, 6.07) is 0. The Morgan fingerprint density at radius 2 is 2.56 bits per heavy atom. The van der Waals surface area contributed by atoms with Crippen LogP contribution in [0.2, 0.25) is 0 Å². The predicted octanol–water partition coefficient (Wildman–Crippen LogP) is 2.41. The van der Waals surface area contributed by atoms with Crippen molar-refractivity contribution in [2.75, 3.05) is 0 Å². The maximum Gasteiger partial charge on any atom is 0.111 e. The molecule has 1 N–H and O–H groups in total. The largest absolute Gasteiger partial charge is 0.508 e. The van der Waals surface area contributed by atoms with Crippen LogP contribution >= 0.6 is 0 Å². The molecule has 0 saturated heterocycles. The normalized spacial score (nSPS) is 25.9. The summed E-state index contributed by atoms with van der Waals surface area (Å²) < 4.78 is 0. The average molecular weight is 124 g/mol. The van der Waals surface area contributed by atoms with Gasteiger partial charge in [0.1, 0.15) is 5.76 Å². The van der Waals surface area contributed by atoms with Gasteiger partial charge >= 0.3 is 0 Å². The number of allylic oxidation sites excluding steroid dienone is 3. The molecule has 0 unspecified atom stereocenters. The first-order chi connectivity index (χ1) is 4.33. The summed E-state index contributed by atoms with van der Waals surface area (Å²) in [6.07, 6.45) is 7.88. The molecule has 0 spiro atoms. The Morgan fingerprint density at radius 1 is 1.78 bits per heavy atom. The molecule has 1 rings (SSSR count). The van der Waals surface area contributed by atoms with E-state index >= 15 is 0 Å². The van der Waals surface area contributed by atoms with Crippen LogP contribution in [0.15, 0.2) is 24.0 Å². The van der Waals surface area contributed by atoms with E-state index in [1.807, 2.05) is 6.08 Å². The molecule has 0 aromatic carbocycles. The van der Waals surface area contributed by atoms with Gasteiger partial charge in [-0.05, 0) is 30.9 Å². The summed E-state index contributed by atoms with van der Waals surface area (Å²) in [7, 11) is 0. The van der Waals surface area contributed by atoms with Crippen molar-refractivity contribution in [2.24, 2.45) is 5.92 Å². The van der Waals surface area contributed by atoms with Crippen LogP contribution in [-0.4, -0.2) is 5.11 Å². The fraction of sp³-hybridized carbons (Fsp3) is 0.500. The number of hydrogen-bond donors (Lipinski definition) is 1. The highest BCUT2D eigenvalue weighted by Gasteiger charge is 2.03. The first-order valence-corrected chi connectivity index (χ1v) is 3.40. The monoisotopic (exact) mass is 124 g/mol. The molecular formula is C8H12O. The Kier molecular flexibility index (Phi) is 1.93. The molecule has 1 aliphatic carbocycles. The fourth-order valence-corrected chi connectivity index (χ4v) is 0.956. The van der Waals surface area contributed by atoms with Gasteiger partial charge in [0, 0.05) is 0 Å². The van der Waals surface area contributed by atoms with E-state index in [4.69, 9.17) is 5.11 Å². The topological polar surface area (TPSA) is 20.2 Å². The van der Waals surface area contributed by atoms with Crippen LogP contribution in [0.4, 0.5) is 0 Å². The van der Waals surface area contributed by atoms with Gasteiger partial charge in [-0.25, -0.2) is 0 Å². The molecule has 9 heavy (non-hydrogen) atoms. The molecule has 1 aliphatic rings. The van der Waals surface area contributed by atoms with E-state index in [-0.39, 0.29) is 0 Å². The van der Waals surface area contributed by atoms with Gasteiger partial charge in [0.25, 0.3) is 0 Å². The maximum absolute atomic E-state index is 8.90. The van der Waals surface area contributed by atoms with Gasteiger partial charge in [0.2, 0.25) is 0 Å². The Balaban J connectivity index is 2.48. The van der Waals surface area contributed by atoms with Gasteiger partial charge in [0.05, 0.1) is 0 Å². The van der Waals surface area contributed by atoms with Gasteiger partial charge in [-0.1, -0.05) is 13.0 Å². The molecule has 1 nitrogen and oxygen atoms in total. The van der Waals surface area contributed by atoms with Crippen LogP contribution in [-0.2, 0) is 0 Å². The smallest absolute Gasteiger partial charge is 0.111 e. The summed E-state index contributed by atoms with van der Waals surface area (Å²) in [5.74, 6) is 1.07. The Hall–Kier alpha value is -0.720. The Labute approximate surface area is 55.7 Å². The lowest BCUT2D eigenvalue weighted by Crippen LogP contribution is -1.96. The standard InChI is InChI=1S/C8H12O/c1-2-7-3-5-8(9)6-4-7/h3,5-7,9H,2,4H2,1H3/t7-/m1/s1. The highest BCUT2D eigenvalue weighted by Crippen LogP contribution is 2.16. The van der Waals surface area contributed by atoms with Gasteiger partial charge in [-0.3, -0.25) is 0 Å². The van der Waals surface area contributed by atoms with Crippen LogP contribution in [0.3, 0.4) is 0 Å². The molecule has 0 amide bonds. The summed E-state index contributed by atoms with van der Waals surface area (Å²) >= 11 is 0. The molecule has 50 valence electrons. The Morgan fingerprint density at radius 3 is 3.00 bits per heavy atom. The lowest BCUT2D eigenvalue weighted by atomic mass is 9.98. The summed E-state index contributed by atoms with van der Waals surface area (Å²) in [5, 5.41) is 8.90. The van der Waals surface area contributed by atoms with E-state index in [1.165, 1.54) is 6.42 Å². The second-order valence-electron chi connectivity index (χ2n) is 2.39. The van der Waals surface area contributed by atoms with Gasteiger partial charge < -0.3 is 5.11 Å². The molecule has 0 radical (unpaired) electrons. The highest BCUT2D eigenvalue weighted by molar-refractivity contribution is 5.16. The van der Waals surface area contributed by atoms with Crippen LogP contribution < -0.4 is 0 Å². The molecule has 0 fully saturated rings. The third-order valence-electron chi connectivity index (χ3n) is 1.69. The second kappa shape index (κ2) is 2.72. The quantitative estimate of drug-likeness (QED) is 0.569. The van der Waals surface area contributed by atoms with Crippen molar-refractivity contribution >= 4 is 0 Å². The molecule has 0 aromatic heterocycles. The molecule has 1 atom stereocenters. The van der Waals surface area contributed by atoms with E-state index in [1.54, 1.807) is 6.08 Å². The lowest BCUT2D eigenvalue weighted by molar-refractivity contribution is 0.420. The van der Waals surface area contributed by atoms with Crippen LogP contribution in [0.25, 0.3) is 0 Å². The number of aliphatic hydroxyl groups excluding tert-OH is 1. The molecule has 0 heterocycles. The number of hydrogen-bond acceptors (Lipinski definition) is 1. The van der Waals surface area contributed by atoms with Crippen LogP contribution in [0.1, 0.15) is 19.8 Å². The van der Waals surface area contributed by atoms with Crippen molar-refractivity contribution in [2.45, 2.75) is 19.8 Å². The minimum atomic E-state index is 0.416. The van der Waals surface area contributed by atoms with Crippen molar-refractivity contribution in [1.82, 2.24) is 0 Å². The van der Waals surface area contributed by atoms with E-state index in [2.05, 4.69) is 13.0 Å². The van der Waals surface area contributed by atoms with Crippen LogP contribution in [0.5, 0.6) is 0 Å². The first-order valence-electron chi connectivity index (χ1n) is 3.40. The van der Waals surface area contributed by atoms with Crippen molar-refractivity contribution in [1.29, 1.82) is 0 Å². The van der Waals surface area contributed by atoms with Crippen LogP contribution in [0, 0.1) is 5.92 Å². The molecule has 0 aromatic rings. The zero-order valence-electron chi connectivity index (χ0n) is 5.67. The van der Waals surface area contributed by atoms with Gasteiger partial charge in [-0.2, -0.15) is 0 Å². The molecule has 0 aliphatic heterocycles. The lowest BCUT2D eigenvalue weighted by Gasteiger charge is -2.09. The van der Waals surface area contributed by atoms with E-state index in [9.17, 15) is 0 Å². The number of rotatable bonds is 1. The highest BCUT2D eigenvalue weighted by atomic mass is 16.3. The van der Waals surface area contributed by atoms with E-state index < -0.39 is 0 Å². The average Bonchev–Trinajstić information content (AvgIpc) is 1.90. The third kappa shape index (κ3) is 1.60. The maximum atomic E-state index is 8.90. The van der Waals surface area contributed by atoms with Crippen molar-refractivity contribution < 1.29 is 5.11 Å². The predicted molar refractivity (Wildman–Crippen MR) is 38.2 cm³/mol.